The largest absolute Gasteiger partial charge is 0.482 e. The van der Waals surface area contributed by atoms with Gasteiger partial charge in [0.2, 0.25) is 0 Å². The van der Waals surface area contributed by atoms with E-state index in [-0.39, 0.29) is 19.1 Å². The van der Waals surface area contributed by atoms with Crippen LogP contribution in [0.1, 0.15) is 40.7 Å². The molecule has 0 saturated carbocycles. The van der Waals surface area contributed by atoms with Crippen molar-refractivity contribution in [1.82, 2.24) is 5.32 Å². The average molecular weight is 460 g/mol. The smallest absolute Gasteiger partial charge is 0.407 e. The van der Waals surface area contributed by atoms with Gasteiger partial charge in [-0.3, -0.25) is 0 Å². The van der Waals surface area contributed by atoms with E-state index in [2.05, 4.69) is 29.6 Å². The molecule has 0 spiro atoms. The Hall–Kier alpha value is -3.80. The molecule has 4 rings (SSSR count). The molecule has 0 unspecified atom stereocenters. The number of aryl methyl sites for hydroxylation is 2. The van der Waals surface area contributed by atoms with E-state index in [1.807, 2.05) is 50.2 Å². The normalized spacial score (nSPS) is 12.0. The molecule has 0 aromatic heterocycles. The zero-order chi connectivity index (χ0) is 24.1. The standard InChI is InChI=1S/C28H29NO5/c1-4-32-27(30)17-33-20-13-18(2)25(19(3)14-20)15-29-28(31)34-16-26-23-11-7-5-9-21(23)22-10-6-8-12-24(22)26/h5-14,26H,4,15-17H2,1-3H3,(H,29,31). The molecule has 3 aromatic carbocycles. The van der Waals surface area contributed by atoms with Gasteiger partial charge >= 0.3 is 12.1 Å². The van der Waals surface area contributed by atoms with E-state index in [9.17, 15) is 9.59 Å². The van der Waals surface area contributed by atoms with Gasteiger partial charge < -0.3 is 19.5 Å². The van der Waals surface area contributed by atoms with Crippen molar-refractivity contribution in [2.75, 3.05) is 19.8 Å². The first-order valence-corrected chi connectivity index (χ1v) is 11.4. The number of rotatable bonds is 8. The summed E-state index contributed by atoms with van der Waals surface area (Å²) in [6.07, 6.45) is -0.455. The van der Waals surface area contributed by atoms with E-state index in [4.69, 9.17) is 14.2 Å². The fraction of sp³-hybridized carbons (Fsp3) is 0.286. The molecule has 0 aliphatic heterocycles. The maximum atomic E-state index is 12.5. The Morgan fingerprint density at radius 2 is 1.47 bits per heavy atom. The van der Waals surface area contributed by atoms with Crippen molar-refractivity contribution < 1.29 is 23.8 Å². The van der Waals surface area contributed by atoms with Crippen LogP contribution >= 0.6 is 0 Å². The van der Waals surface area contributed by atoms with E-state index < -0.39 is 12.1 Å². The number of amides is 1. The van der Waals surface area contributed by atoms with E-state index >= 15 is 0 Å². The first-order valence-electron chi connectivity index (χ1n) is 11.4. The van der Waals surface area contributed by atoms with Crippen LogP contribution in [0.2, 0.25) is 0 Å². The summed E-state index contributed by atoms with van der Waals surface area (Å²) in [5.74, 6) is 0.212. The Morgan fingerprint density at radius 1 is 0.882 bits per heavy atom. The number of carbonyl (C=O) groups excluding carboxylic acids is 2. The number of alkyl carbamates (subject to hydrolysis) is 1. The molecule has 176 valence electrons. The number of nitrogens with one attached hydrogen (secondary N) is 1. The highest BCUT2D eigenvalue weighted by Crippen LogP contribution is 2.44. The summed E-state index contributed by atoms with van der Waals surface area (Å²) in [7, 11) is 0. The molecule has 3 aromatic rings. The first-order chi connectivity index (χ1) is 16.5. The molecule has 1 N–H and O–H groups in total. The molecule has 1 amide bonds. The lowest BCUT2D eigenvalue weighted by molar-refractivity contribution is -0.145. The van der Waals surface area contributed by atoms with E-state index in [0.717, 1.165) is 16.7 Å². The molecule has 0 atom stereocenters. The van der Waals surface area contributed by atoms with Crippen molar-refractivity contribution >= 4 is 12.1 Å². The average Bonchev–Trinajstić information content (AvgIpc) is 3.15. The minimum atomic E-state index is -0.455. The van der Waals surface area contributed by atoms with Crippen molar-refractivity contribution in [3.8, 4) is 16.9 Å². The molecule has 0 fully saturated rings. The third-order valence-corrected chi connectivity index (χ3v) is 6.08. The molecule has 0 radical (unpaired) electrons. The van der Waals surface area contributed by atoms with Gasteiger partial charge in [-0.25, -0.2) is 9.59 Å². The lowest BCUT2D eigenvalue weighted by atomic mass is 9.98. The second-order valence-electron chi connectivity index (χ2n) is 8.31. The number of hydrogen-bond donors (Lipinski definition) is 1. The number of hydrogen-bond acceptors (Lipinski definition) is 5. The van der Waals surface area contributed by atoms with Gasteiger partial charge in [-0.1, -0.05) is 48.5 Å². The Kier molecular flexibility index (Phi) is 7.16. The summed E-state index contributed by atoms with van der Waals surface area (Å²) < 4.78 is 16.0. The summed E-state index contributed by atoms with van der Waals surface area (Å²) in [5.41, 5.74) is 7.66. The second-order valence-corrected chi connectivity index (χ2v) is 8.31. The number of benzene rings is 3. The molecule has 1 aliphatic rings. The van der Waals surface area contributed by atoms with Crippen molar-refractivity contribution in [3.05, 3.63) is 88.5 Å². The predicted octanol–water partition coefficient (Wildman–Crippen LogP) is 5.28. The topological polar surface area (TPSA) is 73.9 Å². The summed E-state index contributed by atoms with van der Waals surface area (Å²) in [4.78, 5) is 24.0. The monoisotopic (exact) mass is 459 g/mol. The fourth-order valence-electron chi connectivity index (χ4n) is 4.47. The van der Waals surface area contributed by atoms with Gasteiger partial charge in [0.1, 0.15) is 12.4 Å². The summed E-state index contributed by atoms with van der Waals surface area (Å²) in [6, 6.07) is 20.2. The van der Waals surface area contributed by atoms with Crippen LogP contribution in [-0.2, 0) is 20.8 Å². The molecule has 6 heteroatoms. The lowest BCUT2D eigenvalue weighted by Gasteiger charge is -2.16. The van der Waals surface area contributed by atoms with Gasteiger partial charge in [-0.05, 0) is 71.8 Å². The van der Waals surface area contributed by atoms with Crippen LogP contribution in [0.5, 0.6) is 5.75 Å². The third-order valence-electron chi connectivity index (χ3n) is 6.08. The molecule has 1 aliphatic carbocycles. The van der Waals surface area contributed by atoms with Gasteiger partial charge in [0, 0.05) is 12.5 Å². The first kappa shape index (κ1) is 23.4. The Labute approximate surface area is 199 Å². The predicted molar refractivity (Wildman–Crippen MR) is 130 cm³/mol. The Morgan fingerprint density at radius 3 is 2.06 bits per heavy atom. The molecule has 0 saturated heterocycles. The molecule has 34 heavy (non-hydrogen) atoms. The van der Waals surface area contributed by atoms with Crippen LogP contribution in [0.15, 0.2) is 60.7 Å². The summed E-state index contributed by atoms with van der Waals surface area (Å²) in [6.45, 7) is 6.44. The van der Waals surface area contributed by atoms with Gasteiger partial charge in [0.25, 0.3) is 0 Å². The van der Waals surface area contributed by atoms with Crippen LogP contribution < -0.4 is 10.1 Å². The molecule has 0 bridgehead atoms. The quantitative estimate of drug-likeness (QED) is 0.464. The highest BCUT2D eigenvalue weighted by atomic mass is 16.6. The summed E-state index contributed by atoms with van der Waals surface area (Å²) in [5, 5.41) is 2.86. The van der Waals surface area contributed by atoms with Gasteiger partial charge in [-0.15, -0.1) is 0 Å². The second kappa shape index (κ2) is 10.4. The maximum absolute atomic E-state index is 12.5. The van der Waals surface area contributed by atoms with Crippen LogP contribution in [0.4, 0.5) is 4.79 Å². The minimum absolute atomic E-state index is 0.0254. The highest BCUT2D eigenvalue weighted by molar-refractivity contribution is 5.79. The van der Waals surface area contributed by atoms with Crippen molar-refractivity contribution in [1.29, 1.82) is 0 Å². The fourth-order valence-corrected chi connectivity index (χ4v) is 4.47. The minimum Gasteiger partial charge on any atom is -0.482 e. The lowest BCUT2D eigenvalue weighted by Crippen LogP contribution is -2.26. The van der Waals surface area contributed by atoms with Gasteiger partial charge in [0.05, 0.1) is 6.61 Å². The zero-order valence-electron chi connectivity index (χ0n) is 19.7. The van der Waals surface area contributed by atoms with E-state index in [1.54, 1.807) is 6.92 Å². The third kappa shape index (κ3) is 5.06. The molecular formula is C28H29NO5. The summed E-state index contributed by atoms with van der Waals surface area (Å²) >= 11 is 0. The van der Waals surface area contributed by atoms with Crippen LogP contribution in [-0.4, -0.2) is 31.9 Å². The van der Waals surface area contributed by atoms with E-state index in [0.29, 0.717) is 18.9 Å². The number of ether oxygens (including phenoxy) is 3. The van der Waals surface area contributed by atoms with Crippen molar-refractivity contribution in [3.63, 3.8) is 0 Å². The molecule has 6 nitrogen and oxygen atoms in total. The molecular weight excluding hydrogens is 430 g/mol. The Bertz CT molecular complexity index is 1130. The van der Waals surface area contributed by atoms with E-state index in [1.165, 1.54) is 22.3 Å². The number of esters is 1. The SMILES string of the molecule is CCOC(=O)COc1cc(C)c(CNC(=O)OCC2c3ccccc3-c3ccccc32)c(C)c1. The number of fused-ring (bicyclic) bond motifs is 3. The Balaban J connectivity index is 1.34. The number of carbonyl (C=O) groups is 2. The zero-order valence-corrected chi connectivity index (χ0v) is 19.7. The van der Waals surface area contributed by atoms with Crippen LogP contribution in [0.3, 0.4) is 0 Å². The van der Waals surface area contributed by atoms with Gasteiger partial charge in [0.15, 0.2) is 6.61 Å². The highest BCUT2D eigenvalue weighted by Gasteiger charge is 2.29. The van der Waals surface area contributed by atoms with Gasteiger partial charge in [-0.2, -0.15) is 0 Å². The van der Waals surface area contributed by atoms with Crippen LogP contribution in [0.25, 0.3) is 11.1 Å². The van der Waals surface area contributed by atoms with Crippen molar-refractivity contribution in [2.45, 2.75) is 33.2 Å². The van der Waals surface area contributed by atoms with Crippen LogP contribution in [0, 0.1) is 13.8 Å². The maximum Gasteiger partial charge on any atom is 0.407 e. The van der Waals surface area contributed by atoms with Crippen molar-refractivity contribution in [2.24, 2.45) is 0 Å². The molecule has 0 heterocycles.